The Bertz CT molecular complexity index is 542. The largest absolute Gasteiger partial charge is 0.504 e. The van der Waals surface area contributed by atoms with E-state index < -0.39 is 17.9 Å². The molecule has 3 amide bonds. The minimum absolute atomic E-state index is 0.0840. The number of hydrazine groups is 1. The summed E-state index contributed by atoms with van der Waals surface area (Å²) >= 11 is 17.1. The fourth-order valence-corrected chi connectivity index (χ4v) is 1.89. The number of phenols is 1. The Balaban J connectivity index is 3.17. The molecule has 0 fully saturated rings. The third kappa shape index (κ3) is 4.73. The van der Waals surface area contributed by atoms with Gasteiger partial charge < -0.3 is 15.2 Å². The summed E-state index contributed by atoms with van der Waals surface area (Å²) in [6.07, 6.45) is -0.925. The number of hydrogen-bond acceptors (Lipinski definition) is 4. The highest BCUT2D eigenvalue weighted by molar-refractivity contribution is 6.36. The number of benzene rings is 1. The van der Waals surface area contributed by atoms with Crippen molar-refractivity contribution in [2.45, 2.75) is 0 Å². The number of hydrogen-bond donors (Lipinski definition) is 3. The molecule has 0 radical (unpaired) electrons. The summed E-state index contributed by atoms with van der Waals surface area (Å²) in [5.41, 5.74) is 2.01. The van der Waals surface area contributed by atoms with E-state index in [-0.39, 0.29) is 28.2 Å². The van der Waals surface area contributed by atoms with Crippen LogP contribution in [0.4, 0.5) is 15.3 Å². The van der Waals surface area contributed by atoms with Gasteiger partial charge in [-0.2, -0.15) is 5.01 Å². The van der Waals surface area contributed by atoms with Gasteiger partial charge in [-0.05, 0) is 12.1 Å². The summed E-state index contributed by atoms with van der Waals surface area (Å²) in [5, 5.41) is 13.1. The van der Waals surface area contributed by atoms with Crippen molar-refractivity contribution in [1.82, 2.24) is 10.7 Å². The Hall–Kier alpha value is -1.57. The zero-order chi connectivity index (χ0) is 16.0. The quantitative estimate of drug-likeness (QED) is 0.574. The summed E-state index contributed by atoms with van der Waals surface area (Å²) in [6, 6.07) is 1.78. The molecule has 0 aliphatic heterocycles. The molecular weight excluding hydrogens is 344 g/mol. The summed E-state index contributed by atoms with van der Waals surface area (Å²) in [6.45, 7) is 0.148. The van der Waals surface area contributed by atoms with Crippen molar-refractivity contribution >= 4 is 52.6 Å². The number of nitrogens with one attached hydrogen (secondary N) is 2. The van der Waals surface area contributed by atoms with Gasteiger partial charge in [0, 0.05) is 17.4 Å². The summed E-state index contributed by atoms with van der Waals surface area (Å²) in [4.78, 5) is 23.3. The van der Waals surface area contributed by atoms with E-state index in [2.05, 4.69) is 15.5 Å². The van der Waals surface area contributed by atoms with Gasteiger partial charge in [0.05, 0.1) is 12.1 Å². The summed E-state index contributed by atoms with van der Waals surface area (Å²) in [5.74, 6) is -0.265. The van der Waals surface area contributed by atoms with E-state index in [0.29, 0.717) is 5.01 Å². The molecule has 0 heterocycles. The van der Waals surface area contributed by atoms with Crippen LogP contribution in [0, 0.1) is 0 Å². The zero-order valence-corrected chi connectivity index (χ0v) is 13.1. The highest BCUT2D eigenvalue weighted by Crippen LogP contribution is 2.36. The van der Waals surface area contributed by atoms with Gasteiger partial charge in [-0.25, -0.2) is 15.0 Å². The Morgan fingerprint density at radius 2 is 2.05 bits per heavy atom. The molecule has 7 nitrogen and oxygen atoms in total. The molecule has 0 aliphatic rings. The third-order valence-electron chi connectivity index (χ3n) is 2.21. The van der Waals surface area contributed by atoms with Crippen molar-refractivity contribution < 1.29 is 19.4 Å². The van der Waals surface area contributed by atoms with E-state index in [9.17, 15) is 14.7 Å². The third-order valence-corrected chi connectivity index (χ3v) is 2.91. The topological polar surface area (TPSA) is 90.9 Å². The molecule has 0 aliphatic carbocycles. The van der Waals surface area contributed by atoms with Gasteiger partial charge in [-0.3, -0.25) is 0 Å². The van der Waals surface area contributed by atoms with Gasteiger partial charge in [-0.1, -0.05) is 23.2 Å². The molecule has 21 heavy (non-hydrogen) atoms. The number of phenolic OH excluding ortho intramolecular Hbond substituents is 1. The Morgan fingerprint density at radius 1 is 1.38 bits per heavy atom. The van der Waals surface area contributed by atoms with Crippen LogP contribution in [0.15, 0.2) is 12.1 Å². The molecule has 0 saturated carbocycles. The first-order valence-corrected chi connectivity index (χ1v) is 6.86. The van der Waals surface area contributed by atoms with Crippen LogP contribution in [0.2, 0.25) is 10.0 Å². The number of urea groups is 1. The number of rotatable bonds is 3. The van der Waals surface area contributed by atoms with E-state index in [4.69, 9.17) is 34.8 Å². The van der Waals surface area contributed by atoms with Crippen LogP contribution in [0.1, 0.15) is 0 Å². The first-order valence-electron chi connectivity index (χ1n) is 5.57. The standard InChI is InChI=1S/C11H12Cl3N3O4/c1-21-11(20)16-17(10(19)15-3-2-12)8-5-6(13)4-7(14)9(8)18/h4-5,18H,2-3H2,1H3,(H,15,19)(H,16,20). The number of halogens is 3. The lowest BCUT2D eigenvalue weighted by molar-refractivity contribution is 0.169. The van der Waals surface area contributed by atoms with Crippen molar-refractivity contribution in [3.05, 3.63) is 22.2 Å². The van der Waals surface area contributed by atoms with E-state index in [1.165, 1.54) is 12.1 Å². The van der Waals surface area contributed by atoms with Gasteiger partial charge in [0.2, 0.25) is 0 Å². The number of alkyl halides is 1. The van der Waals surface area contributed by atoms with Crippen LogP contribution in [-0.4, -0.2) is 36.8 Å². The second-order valence-electron chi connectivity index (χ2n) is 3.62. The molecule has 0 unspecified atom stereocenters. The SMILES string of the molecule is COC(=O)NN(C(=O)NCCCl)c1cc(Cl)cc(Cl)c1O. The molecule has 0 spiro atoms. The lowest BCUT2D eigenvalue weighted by Crippen LogP contribution is -2.51. The van der Waals surface area contributed by atoms with Crippen LogP contribution in [0.3, 0.4) is 0 Å². The smallest absolute Gasteiger partial charge is 0.426 e. The molecule has 10 heteroatoms. The van der Waals surface area contributed by atoms with Gasteiger partial charge in [-0.15, -0.1) is 11.6 Å². The number of amides is 3. The van der Waals surface area contributed by atoms with Crippen LogP contribution in [0.5, 0.6) is 5.75 Å². The molecule has 1 rings (SSSR count). The maximum atomic E-state index is 12.0. The monoisotopic (exact) mass is 355 g/mol. The maximum Gasteiger partial charge on any atom is 0.426 e. The molecule has 116 valence electrons. The fourth-order valence-electron chi connectivity index (χ4n) is 1.31. The number of anilines is 1. The van der Waals surface area contributed by atoms with Crippen LogP contribution < -0.4 is 15.8 Å². The Labute approximate surface area is 135 Å². The zero-order valence-electron chi connectivity index (χ0n) is 10.8. The second kappa shape index (κ2) is 8.02. The first kappa shape index (κ1) is 17.5. The van der Waals surface area contributed by atoms with Crippen LogP contribution >= 0.6 is 34.8 Å². The van der Waals surface area contributed by atoms with Gasteiger partial charge in [0.1, 0.15) is 5.69 Å². The number of carbonyl (C=O) groups is 2. The van der Waals surface area contributed by atoms with E-state index in [0.717, 1.165) is 7.11 Å². The first-order chi connectivity index (χ1) is 9.90. The van der Waals surface area contributed by atoms with Crippen molar-refractivity contribution in [1.29, 1.82) is 0 Å². The Morgan fingerprint density at radius 3 is 2.62 bits per heavy atom. The molecule has 0 saturated heterocycles. The van der Waals surface area contributed by atoms with E-state index in [1.54, 1.807) is 0 Å². The molecule has 0 atom stereocenters. The highest BCUT2D eigenvalue weighted by atomic mass is 35.5. The van der Waals surface area contributed by atoms with Crippen LogP contribution in [0.25, 0.3) is 0 Å². The summed E-state index contributed by atoms with van der Waals surface area (Å²) in [7, 11) is 1.12. The summed E-state index contributed by atoms with van der Waals surface area (Å²) < 4.78 is 4.41. The molecule has 0 bridgehead atoms. The molecule has 1 aromatic carbocycles. The van der Waals surface area contributed by atoms with Crippen molar-refractivity contribution in [2.24, 2.45) is 0 Å². The molecule has 3 N–H and O–H groups in total. The average Bonchev–Trinajstić information content (AvgIpc) is 2.45. The van der Waals surface area contributed by atoms with E-state index >= 15 is 0 Å². The lowest BCUT2D eigenvalue weighted by atomic mass is 10.3. The number of methoxy groups -OCH3 is 1. The molecular formula is C11H12Cl3N3O4. The molecule has 1 aromatic rings. The number of nitrogens with zero attached hydrogens (tertiary/aromatic N) is 1. The number of aromatic hydroxyl groups is 1. The molecule has 0 aromatic heterocycles. The Kier molecular flexibility index (Phi) is 6.67. The minimum Gasteiger partial charge on any atom is -0.504 e. The van der Waals surface area contributed by atoms with Gasteiger partial charge in [0.15, 0.2) is 5.75 Å². The highest BCUT2D eigenvalue weighted by Gasteiger charge is 2.23. The van der Waals surface area contributed by atoms with Crippen molar-refractivity contribution in [2.75, 3.05) is 24.5 Å². The number of ether oxygens (including phenoxy) is 1. The number of carbonyl (C=O) groups excluding carboxylic acids is 2. The maximum absolute atomic E-state index is 12.0. The van der Waals surface area contributed by atoms with Crippen LogP contribution in [-0.2, 0) is 4.74 Å². The predicted molar refractivity (Wildman–Crippen MR) is 80.3 cm³/mol. The van der Waals surface area contributed by atoms with Gasteiger partial charge >= 0.3 is 12.1 Å². The normalized spacial score (nSPS) is 9.90. The minimum atomic E-state index is -0.925. The second-order valence-corrected chi connectivity index (χ2v) is 4.84. The lowest BCUT2D eigenvalue weighted by Gasteiger charge is -2.24. The average molecular weight is 357 g/mol. The fraction of sp³-hybridized carbons (Fsp3) is 0.273. The predicted octanol–water partition coefficient (Wildman–Crippen LogP) is 2.72. The van der Waals surface area contributed by atoms with E-state index in [1.807, 2.05) is 0 Å². The van der Waals surface area contributed by atoms with Crippen molar-refractivity contribution in [3.8, 4) is 5.75 Å². The van der Waals surface area contributed by atoms with Crippen molar-refractivity contribution in [3.63, 3.8) is 0 Å². The van der Waals surface area contributed by atoms with Gasteiger partial charge in [0.25, 0.3) is 0 Å².